The van der Waals surface area contributed by atoms with Crippen LogP contribution in [0.5, 0.6) is 0 Å². The summed E-state index contributed by atoms with van der Waals surface area (Å²) in [6, 6.07) is 11.5. The van der Waals surface area contributed by atoms with Gasteiger partial charge in [0, 0.05) is 23.9 Å². The molecule has 0 bridgehead atoms. The largest absolute Gasteiger partial charge is 0.459 e. The Kier molecular flexibility index (Phi) is 7.36. The van der Waals surface area contributed by atoms with E-state index >= 15 is 0 Å². The lowest BCUT2D eigenvalue weighted by Crippen LogP contribution is -2.36. The van der Waals surface area contributed by atoms with Gasteiger partial charge < -0.3 is 15.4 Å². The Morgan fingerprint density at radius 2 is 1.76 bits per heavy atom. The number of nitrogens with one attached hydrogen (secondary N) is 2. The highest BCUT2D eigenvalue weighted by Crippen LogP contribution is 2.17. The second-order valence-electron chi connectivity index (χ2n) is 8.64. The van der Waals surface area contributed by atoms with E-state index < -0.39 is 29.6 Å². The first-order chi connectivity index (χ1) is 15.9. The third-order valence-corrected chi connectivity index (χ3v) is 4.81. The lowest BCUT2D eigenvalue weighted by Gasteiger charge is -2.20. The maximum Gasteiger partial charge on any atom is 0.326 e. The Bertz CT molecular complexity index is 1310. The Morgan fingerprint density at radius 3 is 2.38 bits per heavy atom. The van der Waals surface area contributed by atoms with Crippen molar-refractivity contribution in [2.24, 2.45) is 0 Å². The number of esters is 1. The Morgan fingerprint density at radius 1 is 1.09 bits per heavy atom. The van der Waals surface area contributed by atoms with Gasteiger partial charge in [-0.1, -0.05) is 23.7 Å². The summed E-state index contributed by atoms with van der Waals surface area (Å²) in [5, 5.41) is 6.26. The number of benzene rings is 1. The van der Waals surface area contributed by atoms with E-state index in [0.29, 0.717) is 10.4 Å². The van der Waals surface area contributed by atoms with Crippen LogP contribution in [-0.2, 0) is 27.4 Å². The van der Waals surface area contributed by atoms with E-state index in [0.717, 1.165) is 10.1 Å². The average Bonchev–Trinajstić information content (AvgIpc) is 2.73. The van der Waals surface area contributed by atoms with Crippen LogP contribution in [0.1, 0.15) is 43.6 Å². The number of rotatable bonds is 6. The molecule has 0 saturated carbocycles. The van der Waals surface area contributed by atoms with Gasteiger partial charge in [0.2, 0.25) is 5.91 Å². The monoisotopic (exact) mass is 484 g/mol. The fourth-order valence-electron chi connectivity index (χ4n) is 3.19. The van der Waals surface area contributed by atoms with Gasteiger partial charge in [0.05, 0.1) is 0 Å². The number of carbonyl (C=O) groups is 3. The van der Waals surface area contributed by atoms with Gasteiger partial charge in [-0.15, -0.1) is 0 Å². The molecule has 0 unspecified atom stereocenters. The van der Waals surface area contributed by atoms with Gasteiger partial charge in [-0.2, -0.15) is 0 Å². The van der Waals surface area contributed by atoms with Crippen molar-refractivity contribution in [3.63, 3.8) is 0 Å². The average molecular weight is 485 g/mol. The number of aromatic nitrogens is 2. The molecule has 3 aromatic rings. The molecular formula is C24H25ClN4O5. The van der Waals surface area contributed by atoms with Crippen LogP contribution in [0.25, 0.3) is 11.0 Å². The first-order valence-corrected chi connectivity index (χ1v) is 10.9. The standard InChI is InChI=1S/C24H25ClN4O5/c1-14(30)27-19-10-7-16-11-18(22(32)26-12-15-5-8-17(25)9-6-15)23(33)29(21(16)28-19)13-20(31)34-24(2,3)4/h5-11H,12-13H2,1-4H3,(H,26,32)(H,27,28,30). The number of halogens is 1. The number of pyridine rings is 2. The summed E-state index contributed by atoms with van der Waals surface area (Å²) in [5.74, 6) is -1.41. The summed E-state index contributed by atoms with van der Waals surface area (Å²) in [4.78, 5) is 54.4. The third-order valence-electron chi connectivity index (χ3n) is 4.56. The highest BCUT2D eigenvalue weighted by Gasteiger charge is 2.22. The van der Waals surface area contributed by atoms with Gasteiger partial charge in [0.25, 0.3) is 11.5 Å². The zero-order chi connectivity index (χ0) is 25.0. The molecule has 2 amide bonds. The predicted molar refractivity (Wildman–Crippen MR) is 129 cm³/mol. The van der Waals surface area contributed by atoms with Crippen molar-refractivity contribution in [1.29, 1.82) is 0 Å². The summed E-state index contributed by atoms with van der Waals surface area (Å²) < 4.78 is 6.42. The van der Waals surface area contributed by atoms with Crippen molar-refractivity contribution in [2.45, 2.75) is 46.4 Å². The number of carbonyl (C=O) groups excluding carboxylic acids is 3. The van der Waals surface area contributed by atoms with Crippen LogP contribution in [0, 0.1) is 0 Å². The van der Waals surface area contributed by atoms with Crippen molar-refractivity contribution in [3.8, 4) is 0 Å². The first-order valence-electron chi connectivity index (χ1n) is 10.5. The SMILES string of the molecule is CC(=O)Nc1ccc2cc(C(=O)NCc3ccc(Cl)cc3)c(=O)n(CC(=O)OC(C)(C)C)c2n1. The van der Waals surface area contributed by atoms with E-state index in [1.165, 1.54) is 13.0 Å². The maximum absolute atomic E-state index is 13.3. The van der Waals surface area contributed by atoms with Crippen molar-refractivity contribution in [1.82, 2.24) is 14.9 Å². The molecule has 0 atom stereocenters. The molecule has 9 nitrogen and oxygen atoms in total. The van der Waals surface area contributed by atoms with Gasteiger partial charge in [-0.3, -0.25) is 23.7 Å². The molecule has 10 heteroatoms. The van der Waals surface area contributed by atoms with E-state index in [9.17, 15) is 19.2 Å². The minimum absolute atomic E-state index is 0.136. The lowest BCUT2D eigenvalue weighted by molar-refractivity contribution is -0.155. The minimum Gasteiger partial charge on any atom is -0.459 e. The van der Waals surface area contributed by atoms with Crippen LogP contribution >= 0.6 is 11.6 Å². The highest BCUT2D eigenvalue weighted by atomic mass is 35.5. The second kappa shape index (κ2) is 10.0. The van der Waals surface area contributed by atoms with Crippen LogP contribution in [0.2, 0.25) is 5.02 Å². The molecule has 0 fully saturated rings. The predicted octanol–water partition coefficient (Wildman–Crippen LogP) is 3.28. The molecule has 178 valence electrons. The fourth-order valence-corrected chi connectivity index (χ4v) is 3.31. The normalized spacial score (nSPS) is 11.2. The number of amides is 2. The van der Waals surface area contributed by atoms with Gasteiger partial charge in [-0.25, -0.2) is 4.98 Å². The summed E-state index contributed by atoms with van der Waals surface area (Å²) in [5.41, 5.74) is -0.692. The fraction of sp³-hybridized carbons (Fsp3) is 0.292. The molecule has 0 spiro atoms. The summed E-state index contributed by atoms with van der Waals surface area (Å²) in [6.45, 7) is 6.17. The topological polar surface area (TPSA) is 119 Å². The number of hydrogen-bond acceptors (Lipinski definition) is 6. The van der Waals surface area contributed by atoms with Crippen molar-refractivity contribution in [3.05, 3.63) is 69.0 Å². The number of hydrogen-bond donors (Lipinski definition) is 2. The minimum atomic E-state index is -0.765. The summed E-state index contributed by atoms with van der Waals surface area (Å²) in [6.07, 6.45) is 0. The molecule has 3 rings (SSSR count). The van der Waals surface area contributed by atoms with E-state index in [2.05, 4.69) is 15.6 Å². The molecule has 0 aliphatic heterocycles. The molecule has 34 heavy (non-hydrogen) atoms. The molecule has 2 aromatic heterocycles. The second-order valence-corrected chi connectivity index (χ2v) is 9.07. The van der Waals surface area contributed by atoms with Crippen LogP contribution in [-0.4, -0.2) is 32.9 Å². The maximum atomic E-state index is 13.3. The van der Waals surface area contributed by atoms with Crippen LogP contribution in [0.15, 0.2) is 47.3 Å². The van der Waals surface area contributed by atoms with Gasteiger partial charge in [0.1, 0.15) is 29.2 Å². The van der Waals surface area contributed by atoms with Crippen molar-refractivity contribution >= 4 is 46.2 Å². The first kappa shape index (κ1) is 24.9. The smallest absolute Gasteiger partial charge is 0.326 e. The van der Waals surface area contributed by atoms with E-state index in [1.807, 2.05) is 0 Å². The van der Waals surface area contributed by atoms with E-state index in [1.54, 1.807) is 57.2 Å². The van der Waals surface area contributed by atoms with Crippen LogP contribution < -0.4 is 16.2 Å². The van der Waals surface area contributed by atoms with E-state index in [4.69, 9.17) is 16.3 Å². The molecule has 0 radical (unpaired) electrons. The van der Waals surface area contributed by atoms with Gasteiger partial charge >= 0.3 is 5.97 Å². The molecular weight excluding hydrogens is 460 g/mol. The zero-order valence-electron chi connectivity index (χ0n) is 19.3. The Labute approximate surface area is 201 Å². The summed E-state index contributed by atoms with van der Waals surface area (Å²) >= 11 is 5.89. The molecule has 1 aromatic carbocycles. The Balaban J connectivity index is 2.01. The zero-order valence-corrected chi connectivity index (χ0v) is 20.0. The number of fused-ring (bicyclic) bond motifs is 1. The highest BCUT2D eigenvalue weighted by molar-refractivity contribution is 6.30. The van der Waals surface area contributed by atoms with Gasteiger partial charge in [-0.05, 0) is 56.7 Å². The molecule has 2 N–H and O–H groups in total. The van der Waals surface area contributed by atoms with Crippen LogP contribution in [0.4, 0.5) is 5.82 Å². The van der Waals surface area contributed by atoms with Crippen LogP contribution in [0.3, 0.4) is 0 Å². The summed E-state index contributed by atoms with van der Waals surface area (Å²) in [7, 11) is 0. The number of nitrogens with zero attached hydrogens (tertiary/aromatic N) is 2. The van der Waals surface area contributed by atoms with Crippen molar-refractivity contribution in [2.75, 3.05) is 5.32 Å². The molecule has 0 aliphatic rings. The number of ether oxygens (including phenoxy) is 1. The lowest BCUT2D eigenvalue weighted by atomic mass is 10.1. The molecule has 0 aliphatic carbocycles. The quantitative estimate of drug-likeness (QED) is 0.518. The third kappa shape index (κ3) is 6.41. The molecule has 2 heterocycles. The van der Waals surface area contributed by atoms with E-state index in [-0.39, 0.29) is 29.5 Å². The van der Waals surface area contributed by atoms with Gasteiger partial charge in [0.15, 0.2) is 0 Å². The Hall–Kier alpha value is -3.72. The van der Waals surface area contributed by atoms with Crippen molar-refractivity contribution < 1.29 is 19.1 Å². The number of anilines is 1. The molecule has 0 saturated heterocycles.